The van der Waals surface area contributed by atoms with Gasteiger partial charge in [0, 0.05) is 19.1 Å². The van der Waals surface area contributed by atoms with Crippen molar-refractivity contribution in [2.24, 2.45) is 5.73 Å². The van der Waals surface area contributed by atoms with Crippen LogP contribution in [-0.2, 0) is 0 Å². The van der Waals surface area contributed by atoms with Gasteiger partial charge in [0.2, 0.25) is 0 Å². The molecule has 0 aliphatic rings. The highest BCUT2D eigenvalue weighted by atomic mass is 14.9. The fourth-order valence-electron chi connectivity index (χ4n) is 1.32. The minimum absolute atomic E-state index is 0.230. The van der Waals surface area contributed by atoms with Crippen molar-refractivity contribution >= 4 is 0 Å². The standard InChI is InChI=1S/C12H18N2/c1-10(2)9-14-12(8-13)11-6-4-3-5-7-11/h3-7,12,14H,1,8-9,13H2,2H3. The highest BCUT2D eigenvalue weighted by Crippen LogP contribution is 2.10. The number of hydrogen-bond donors (Lipinski definition) is 2. The van der Waals surface area contributed by atoms with Crippen molar-refractivity contribution < 1.29 is 0 Å². The van der Waals surface area contributed by atoms with E-state index in [1.54, 1.807) is 0 Å². The fourth-order valence-corrected chi connectivity index (χ4v) is 1.32. The molecule has 0 saturated carbocycles. The Balaban J connectivity index is 2.58. The first-order valence-electron chi connectivity index (χ1n) is 4.87. The van der Waals surface area contributed by atoms with Crippen LogP contribution in [0.1, 0.15) is 18.5 Å². The van der Waals surface area contributed by atoms with Crippen LogP contribution < -0.4 is 11.1 Å². The van der Waals surface area contributed by atoms with Gasteiger partial charge < -0.3 is 11.1 Å². The van der Waals surface area contributed by atoms with Crippen LogP contribution in [0.2, 0.25) is 0 Å². The molecular weight excluding hydrogens is 172 g/mol. The predicted molar refractivity (Wildman–Crippen MR) is 61.1 cm³/mol. The van der Waals surface area contributed by atoms with Crippen LogP contribution in [-0.4, -0.2) is 13.1 Å². The second-order valence-corrected chi connectivity index (χ2v) is 3.54. The molecule has 76 valence electrons. The number of rotatable bonds is 5. The summed E-state index contributed by atoms with van der Waals surface area (Å²) in [5.41, 5.74) is 8.06. The smallest absolute Gasteiger partial charge is 0.0447 e. The van der Waals surface area contributed by atoms with Crippen LogP contribution in [0, 0.1) is 0 Å². The predicted octanol–water partition coefficient (Wildman–Crippen LogP) is 1.85. The van der Waals surface area contributed by atoms with Gasteiger partial charge in [-0.25, -0.2) is 0 Å². The van der Waals surface area contributed by atoms with Crippen molar-refractivity contribution in [3.05, 3.63) is 48.0 Å². The molecule has 0 radical (unpaired) electrons. The van der Waals surface area contributed by atoms with Gasteiger partial charge in [0.1, 0.15) is 0 Å². The summed E-state index contributed by atoms with van der Waals surface area (Å²) in [5.74, 6) is 0. The molecule has 0 heterocycles. The zero-order valence-corrected chi connectivity index (χ0v) is 8.66. The van der Waals surface area contributed by atoms with Crippen LogP contribution in [0.15, 0.2) is 42.5 Å². The lowest BCUT2D eigenvalue weighted by molar-refractivity contribution is 0.569. The maximum Gasteiger partial charge on any atom is 0.0447 e. The van der Waals surface area contributed by atoms with E-state index in [-0.39, 0.29) is 6.04 Å². The Morgan fingerprint density at radius 1 is 1.43 bits per heavy atom. The lowest BCUT2D eigenvalue weighted by Gasteiger charge is -2.17. The Morgan fingerprint density at radius 3 is 2.57 bits per heavy atom. The van der Waals surface area contributed by atoms with E-state index in [4.69, 9.17) is 5.73 Å². The Kier molecular flexibility index (Phi) is 4.36. The monoisotopic (exact) mass is 190 g/mol. The fraction of sp³-hybridized carbons (Fsp3) is 0.333. The third-order valence-corrected chi connectivity index (χ3v) is 2.09. The molecule has 0 saturated heterocycles. The lowest BCUT2D eigenvalue weighted by atomic mass is 10.1. The average Bonchev–Trinajstić information content (AvgIpc) is 2.20. The lowest BCUT2D eigenvalue weighted by Crippen LogP contribution is -2.29. The molecule has 3 N–H and O–H groups in total. The van der Waals surface area contributed by atoms with Crippen molar-refractivity contribution in [3.8, 4) is 0 Å². The largest absolute Gasteiger partial charge is 0.329 e. The van der Waals surface area contributed by atoms with Crippen LogP contribution in [0.3, 0.4) is 0 Å². The van der Waals surface area contributed by atoms with Crippen molar-refractivity contribution in [1.82, 2.24) is 5.32 Å². The van der Waals surface area contributed by atoms with Gasteiger partial charge in [0.25, 0.3) is 0 Å². The van der Waals surface area contributed by atoms with E-state index in [1.165, 1.54) is 5.56 Å². The van der Waals surface area contributed by atoms with Gasteiger partial charge in [-0.05, 0) is 12.5 Å². The maximum atomic E-state index is 5.70. The molecule has 0 spiro atoms. The molecule has 1 rings (SSSR count). The van der Waals surface area contributed by atoms with Crippen LogP contribution >= 0.6 is 0 Å². The van der Waals surface area contributed by atoms with Crippen LogP contribution in [0.4, 0.5) is 0 Å². The normalized spacial score (nSPS) is 12.4. The highest BCUT2D eigenvalue weighted by Gasteiger charge is 2.06. The second kappa shape index (κ2) is 5.58. The molecule has 0 bridgehead atoms. The van der Waals surface area contributed by atoms with E-state index in [0.717, 1.165) is 12.1 Å². The van der Waals surface area contributed by atoms with Gasteiger partial charge in [-0.3, -0.25) is 0 Å². The number of nitrogens with one attached hydrogen (secondary N) is 1. The molecule has 2 nitrogen and oxygen atoms in total. The van der Waals surface area contributed by atoms with E-state index in [1.807, 2.05) is 25.1 Å². The van der Waals surface area contributed by atoms with Crippen molar-refractivity contribution in [1.29, 1.82) is 0 Å². The summed E-state index contributed by atoms with van der Waals surface area (Å²) in [6.07, 6.45) is 0. The Bertz CT molecular complexity index is 280. The van der Waals surface area contributed by atoms with Gasteiger partial charge in [-0.1, -0.05) is 42.5 Å². The van der Waals surface area contributed by atoms with Crippen LogP contribution in [0.25, 0.3) is 0 Å². The second-order valence-electron chi connectivity index (χ2n) is 3.54. The first kappa shape index (κ1) is 11.0. The SMILES string of the molecule is C=C(C)CNC(CN)c1ccccc1. The first-order chi connectivity index (χ1) is 6.74. The number of nitrogens with two attached hydrogens (primary N) is 1. The first-order valence-corrected chi connectivity index (χ1v) is 4.87. The quantitative estimate of drug-likeness (QED) is 0.695. The zero-order chi connectivity index (χ0) is 10.4. The Labute approximate surface area is 85.8 Å². The van der Waals surface area contributed by atoms with Crippen molar-refractivity contribution in [2.45, 2.75) is 13.0 Å². The molecule has 2 heteroatoms. The number of benzene rings is 1. The van der Waals surface area contributed by atoms with Gasteiger partial charge in [-0.2, -0.15) is 0 Å². The molecule has 1 unspecified atom stereocenters. The van der Waals surface area contributed by atoms with E-state index >= 15 is 0 Å². The summed E-state index contributed by atoms with van der Waals surface area (Å²) in [6.45, 7) is 7.28. The molecule has 0 fully saturated rings. The van der Waals surface area contributed by atoms with E-state index in [2.05, 4.69) is 24.0 Å². The van der Waals surface area contributed by atoms with Crippen molar-refractivity contribution in [2.75, 3.05) is 13.1 Å². The highest BCUT2D eigenvalue weighted by molar-refractivity contribution is 5.19. The summed E-state index contributed by atoms with van der Waals surface area (Å²) in [5, 5.41) is 3.36. The Hall–Kier alpha value is -1.12. The summed E-state index contributed by atoms with van der Waals surface area (Å²) in [6, 6.07) is 10.5. The van der Waals surface area contributed by atoms with Gasteiger partial charge in [-0.15, -0.1) is 0 Å². The minimum Gasteiger partial charge on any atom is -0.329 e. The third-order valence-electron chi connectivity index (χ3n) is 2.09. The summed E-state index contributed by atoms with van der Waals surface area (Å²) < 4.78 is 0. The van der Waals surface area contributed by atoms with E-state index < -0.39 is 0 Å². The van der Waals surface area contributed by atoms with Gasteiger partial charge in [0.05, 0.1) is 0 Å². The molecule has 0 aromatic heterocycles. The molecule has 14 heavy (non-hydrogen) atoms. The van der Waals surface area contributed by atoms with Gasteiger partial charge >= 0.3 is 0 Å². The molecule has 1 aromatic rings. The topological polar surface area (TPSA) is 38.0 Å². The molecule has 1 aromatic carbocycles. The summed E-state index contributed by atoms with van der Waals surface area (Å²) in [7, 11) is 0. The molecule has 1 atom stereocenters. The summed E-state index contributed by atoms with van der Waals surface area (Å²) >= 11 is 0. The van der Waals surface area contributed by atoms with E-state index in [9.17, 15) is 0 Å². The number of hydrogen-bond acceptors (Lipinski definition) is 2. The van der Waals surface area contributed by atoms with E-state index in [0.29, 0.717) is 6.54 Å². The van der Waals surface area contributed by atoms with Crippen LogP contribution in [0.5, 0.6) is 0 Å². The average molecular weight is 190 g/mol. The summed E-state index contributed by atoms with van der Waals surface area (Å²) in [4.78, 5) is 0. The van der Waals surface area contributed by atoms with Gasteiger partial charge in [0.15, 0.2) is 0 Å². The molecular formula is C12H18N2. The zero-order valence-electron chi connectivity index (χ0n) is 8.66. The third kappa shape index (κ3) is 3.32. The van der Waals surface area contributed by atoms with Crippen molar-refractivity contribution in [3.63, 3.8) is 0 Å². The molecule has 0 aliphatic heterocycles. The molecule has 0 aliphatic carbocycles. The molecule has 0 amide bonds. The maximum absolute atomic E-state index is 5.70. The Morgan fingerprint density at radius 2 is 2.07 bits per heavy atom. The minimum atomic E-state index is 0.230.